The number of hydrogen-bond acceptors (Lipinski definition) is 6. The lowest BCUT2D eigenvalue weighted by Crippen LogP contribution is -2.45. The van der Waals surface area contributed by atoms with Crippen molar-refractivity contribution in [2.45, 2.75) is 112 Å². The van der Waals surface area contributed by atoms with Crippen molar-refractivity contribution in [3.05, 3.63) is 0 Å². The number of unbranched alkanes of at least 4 members (excludes halogenated alkanes) is 4. The maximum absolute atomic E-state index is 9.03. The predicted molar refractivity (Wildman–Crippen MR) is 134 cm³/mol. The van der Waals surface area contributed by atoms with Gasteiger partial charge < -0.3 is 20.8 Å². The van der Waals surface area contributed by atoms with E-state index in [9.17, 15) is 0 Å². The van der Waals surface area contributed by atoms with Crippen LogP contribution in [0.1, 0.15) is 103 Å². The third-order valence-corrected chi connectivity index (χ3v) is 11.2. The van der Waals surface area contributed by atoms with Crippen LogP contribution in [0.4, 0.5) is 0 Å². The van der Waals surface area contributed by atoms with E-state index in [0.29, 0.717) is 22.7 Å². The molecular weight excluding hydrogens is 412 g/mol. The molecular formula is C24H48N2O2S2. The fourth-order valence-corrected chi connectivity index (χ4v) is 9.30. The SMILES string of the molecule is NCCCCCO.OCCCCCN1CC2(CCCCC2)SSC2(CCCCC2)C1. The van der Waals surface area contributed by atoms with Gasteiger partial charge in [-0.05, 0) is 77.3 Å². The van der Waals surface area contributed by atoms with Crippen molar-refractivity contribution in [1.82, 2.24) is 4.90 Å². The van der Waals surface area contributed by atoms with E-state index >= 15 is 0 Å². The Morgan fingerprint density at radius 1 is 0.633 bits per heavy atom. The van der Waals surface area contributed by atoms with Crippen LogP contribution < -0.4 is 5.73 Å². The van der Waals surface area contributed by atoms with E-state index in [1.807, 2.05) is 0 Å². The van der Waals surface area contributed by atoms with Gasteiger partial charge in [0.15, 0.2) is 0 Å². The van der Waals surface area contributed by atoms with E-state index in [4.69, 9.17) is 15.9 Å². The summed E-state index contributed by atoms with van der Waals surface area (Å²) in [6.45, 7) is 5.32. The molecule has 4 nitrogen and oxygen atoms in total. The Kier molecular flexibility index (Phi) is 13.7. The van der Waals surface area contributed by atoms with E-state index in [1.165, 1.54) is 96.7 Å². The Bertz CT molecular complexity index is 395. The highest BCUT2D eigenvalue weighted by Crippen LogP contribution is 2.56. The summed E-state index contributed by atoms with van der Waals surface area (Å²) < 4.78 is 1.09. The van der Waals surface area contributed by atoms with Gasteiger partial charge in [-0.15, -0.1) is 0 Å². The van der Waals surface area contributed by atoms with E-state index in [-0.39, 0.29) is 0 Å². The molecule has 0 aromatic rings. The highest BCUT2D eigenvalue weighted by molar-refractivity contribution is 8.77. The highest BCUT2D eigenvalue weighted by Gasteiger charge is 2.44. The topological polar surface area (TPSA) is 69.7 Å². The largest absolute Gasteiger partial charge is 0.396 e. The van der Waals surface area contributed by atoms with Crippen LogP contribution in [0, 0.1) is 0 Å². The van der Waals surface area contributed by atoms with Crippen molar-refractivity contribution >= 4 is 21.6 Å². The maximum Gasteiger partial charge on any atom is 0.0431 e. The summed E-state index contributed by atoms with van der Waals surface area (Å²) in [6, 6.07) is 0. The van der Waals surface area contributed by atoms with E-state index in [2.05, 4.69) is 26.5 Å². The zero-order valence-electron chi connectivity index (χ0n) is 19.3. The molecule has 0 bridgehead atoms. The van der Waals surface area contributed by atoms with Crippen molar-refractivity contribution < 1.29 is 10.2 Å². The van der Waals surface area contributed by atoms with Crippen LogP contribution in [0.15, 0.2) is 0 Å². The third kappa shape index (κ3) is 9.58. The number of rotatable bonds is 9. The van der Waals surface area contributed by atoms with Crippen molar-refractivity contribution in [2.24, 2.45) is 5.73 Å². The average molecular weight is 461 g/mol. The van der Waals surface area contributed by atoms with Gasteiger partial charge >= 0.3 is 0 Å². The van der Waals surface area contributed by atoms with Crippen molar-refractivity contribution in [1.29, 1.82) is 0 Å². The maximum atomic E-state index is 9.03. The van der Waals surface area contributed by atoms with Crippen LogP contribution in [-0.4, -0.2) is 64.0 Å². The summed E-state index contributed by atoms with van der Waals surface area (Å²) in [7, 11) is 4.59. The molecule has 0 aromatic heterocycles. The average Bonchev–Trinajstić information content (AvgIpc) is 2.90. The zero-order valence-corrected chi connectivity index (χ0v) is 20.9. The molecule has 1 heterocycles. The summed E-state index contributed by atoms with van der Waals surface area (Å²) in [5.41, 5.74) is 5.19. The minimum Gasteiger partial charge on any atom is -0.396 e. The molecule has 1 aliphatic heterocycles. The van der Waals surface area contributed by atoms with Crippen molar-refractivity contribution in [3.8, 4) is 0 Å². The molecule has 1 saturated heterocycles. The molecule has 3 fully saturated rings. The van der Waals surface area contributed by atoms with Gasteiger partial charge in [0.1, 0.15) is 0 Å². The lowest BCUT2D eigenvalue weighted by atomic mass is 9.85. The first kappa shape index (κ1) is 26.8. The van der Waals surface area contributed by atoms with E-state index in [1.54, 1.807) is 0 Å². The van der Waals surface area contributed by atoms with Gasteiger partial charge in [-0.25, -0.2) is 0 Å². The van der Waals surface area contributed by atoms with Gasteiger partial charge in [0.05, 0.1) is 0 Å². The molecule has 0 atom stereocenters. The number of aliphatic hydroxyl groups excluding tert-OH is 2. The smallest absolute Gasteiger partial charge is 0.0431 e. The molecule has 0 unspecified atom stereocenters. The van der Waals surface area contributed by atoms with Crippen LogP contribution >= 0.6 is 21.6 Å². The fourth-order valence-electron chi connectivity index (χ4n) is 5.19. The van der Waals surface area contributed by atoms with Crippen molar-refractivity contribution in [2.75, 3.05) is 39.4 Å². The van der Waals surface area contributed by atoms with Crippen LogP contribution in [0.3, 0.4) is 0 Å². The van der Waals surface area contributed by atoms with Crippen LogP contribution in [-0.2, 0) is 0 Å². The van der Waals surface area contributed by atoms with Gasteiger partial charge in [-0.2, -0.15) is 0 Å². The minimum atomic E-state index is 0.306. The van der Waals surface area contributed by atoms with Gasteiger partial charge in [0.25, 0.3) is 0 Å². The Hall–Kier alpha value is 0.540. The highest BCUT2D eigenvalue weighted by atomic mass is 33.1. The monoisotopic (exact) mass is 460 g/mol. The molecule has 6 heteroatoms. The Balaban J connectivity index is 0.000000396. The second-order valence-electron chi connectivity index (χ2n) is 9.72. The molecule has 178 valence electrons. The molecule has 3 aliphatic rings. The quantitative estimate of drug-likeness (QED) is 0.318. The first-order chi connectivity index (χ1) is 14.7. The second kappa shape index (κ2) is 15.4. The second-order valence-corrected chi connectivity index (χ2v) is 12.8. The Labute approximate surface area is 193 Å². The molecule has 2 saturated carbocycles. The summed E-state index contributed by atoms with van der Waals surface area (Å²) in [5.74, 6) is 0. The molecule has 0 amide bonds. The molecule has 2 aliphatic carbocycles. The normalized spacial score (nSPS) is 23.7. The molecule has 0 radical (unpaired) electrons. The predicted octanol–water partition coefficient (Wildman–Crippen LogP) is 5.36. The summed E-state index contributed by atoms with van der Waals surface area (Å²) in [5, 5.41) is 17.3. The van der Waals surface area contributed by atoms with Crippen molar-refractivity contribution in [3.63, 3.8) is 0 Å². The molecule has 3 rings (SSSR count). The molecule has 4 N–H and O–H groups in total. The van der Waals surface area contributed by atoms with Gasteiger partial charge in [-0.1, -0.05) is 60.1 Å². The summed E-state index contributed by atoms with van der Waals surface area (Å²) in [6.07, 6.45) is 20.9. The van der Waals surface area contributed by atoms with E-state index < -0.39 is 0 Å². The Morgan fingerprint density at radius 3 is 1.53 bits per heavy atom. The summed E-state index contributed by atoms with van der Waals surface area (Å²) >= 11 is 0. The number of nitrogens with zero attached hydrogens (tertiary/aromatic N) is 1. The van der Waals surface area contributed by atoms with Crippen LogP contribution in [0.2, 0.25) is 0 Å². The fraction of sp³-hybridized carbons (Fsp3) is 1.00. The molecule has 30 heavy (non-hydrogen) atoms. The molecule has 2 spiro atoms. The van der Waals surface area contributed by atoms with E-state index in [0.717, 1.165) is 32.2 Å². The first-order valence-corrected chi connectivity index (χ1v) is 14.8. The van der Waals surface area contributed by atoms with Gasteiger partial charge in [-0.3, -0.25) is 0 Å². The standard InChI is InChI=1S/C19H35NOS2.C5H13NO/c21-15-9-3-8-14-20-16-18(10-4-1-5-11-18)22-23-19(17-20)12-6-2-7-13-19;6-4-2-1-3-5-7/h21H,1-17H2;7H,1-6H2. The summed E-state index contributed by atoms with van der Waals surface area (Å²) in [4.78, 5) is 2.83. The minimum absolute atomic E-state index is 0.306. The van der Waals surface area contributed by atoms with Crippen LogP contribution in [0.25, 0.3) is 0 Å². The lowest BCUT2D eigenvalue weighted by molar-refractivity contribution is 0.184. The van der Waals surface area contributed by atoms with Crippen LogP contribution in [0.5, 0.6) is 0 Å². The zero-order chi connectivity index (χ0) is 21.5. The van der Waals surface area contributed by atoms with Gasteiger partial charge in [0.2, 0.25) is 0 Å². The first-order valence-electron chi connectivity index (χ1n) is 12.7. The molecule has 0 aromatic carbocycles. The number of aliphatic hydroxyl groups is 2. The number of nitrogens with two attached hydrogens (primary N) is 1. The lowest BCUT2D eigenvalue weighted by Gasteiger charge is -2.38. The third-order valence-electron chi connectivity index (χ3n) is 6.94. The van der Waals surface area contributed by atoms with Gasteiger partial charge in [0, 0.05) is 35.8 Å². The number of hydrogen-bond donors (Lipinski definition) is 3. The Morgan fingerprint density at radius 2 is 1.10 bits per heavy atom.